The highest BCUT2D eigenvalue weighted by molar-refractivity contribution is 5.82. The molecular weight excluding hydrogens is 351 g/mol. The smallest absolute Gasteiger partial charge is 0.281 e. The molecule has 1 aliphatic rings. The van der Waals surface area contributed by atoms with Crippen molar-refractivity contribution in [3.63, 3.8) is 0 Å². The van der Waals surface area contributed by atoms with Crippen LogP contribution in [0.5, 0.6) is 0 Å². The Labute approximate surface area is 158 Å². The lowest BCUT2D eigenvalue weighted by molar-refractivity contribution is -0.418. The molecule has 6 N–H and O–H groups in total. The van der Waals surface area contributed by atoms with Crippen LogP contribution in [0, 0.1) is 11.8 Å². The molecule has 4 atom stereocenters. The Morgan fingerprint density at radius 1 is 0.792 bits per heavy atom. The molecule has 1 aliphatic heterocycles. The number of carbonyl (C=O) groups excluding carboxylic acids is 2. The van der Waals surface area contributed by atoms with Gasteiger partial charge in [-0.1, -0.05) is 27.7 Å². The van der Waals surface area contributed by atoms with Crippen LogP contribution >= 0.6 is 0 Å². The zero-order valence-corrected chi connectivity index (χ0v) is 16.9. The standard InChI is InChI=1S/C16H32N4O2.2ClH/c1-5-11(3)13(17)15(21)19-7-9-20(10-8-19)16(22)14(18)12(4)6-2;;/h11-14H,5-10,17-18H2,1-4H3;2*1H/t11-,12-,13-,14-;;/m0../s1. The second-order valence-corrected chi connectivity index (χ2v) is 6.63. The van der Waals surface area contributed by atoms with Crippen molar-refractivity contribution in [2.75, 3.05) is 26.2 Å². The summed E-state index contributed by atoms with van der Waals surface area (Å²) in [6, 6.07) is -0.374. The van der Waals surface area contributed by atoms with Crippen molar-refractivity contribution in [1.29, 1.82) is 0 Å². The highest BCUT2D eigenvalue weighted by atomic mass is 35.5. The molecule has 24 heavy (non-hydrogen) atoms. The van der Waals surface area contributed by atoms with Gasteiger partial charge in [0.1, 0.15) is 0 Å². The van der Waals surface area contributed by atoms with Gasteiger partial charge in [0, 0.05) is 38.0 Å². The minimum absolute atomic E-state index is 0. The van der Waals surface area contributed by atoms with E-state index in [4.69, 9.17) is 0 Å². The fourth-order valence-corrected chi connectivity index (χ4v) is 2.67. The van der Waals surface area contributed by atoms with Crippen LogP contribution in [0.2, 0.25) is 0 Å². The molecule has 8 heteroatoms. The average Bonchev–Trinajstić information content (AvgIpc) is 2.57. The van der Waals surface area contributed by atoms with Gasteiger partial charge in [0.2, 0.25) is 0 Å². The third-order valence-corrected chi connectivity index (χ3v) is 5.20. The highest BCUT2D eigenvalue weighted by Gasteiger charge is 2.34. The number of rotatable bonds is 6. The van der Waals surface area contributed by atoms with E-state index < -0.39 is 0 Å². The van der Waals surface area contributed by atoms with E-state index in [1.54, 1.807) is 0 Å². The van der Waals surface area contributed by atoms with Crippen LogP contribution < -0.4 is 36.3 Å². The van der Waals surface area contributed by atoms with Crippen LogP contribution in [0.3, 0.4) is 0 Å². The molecule has 0 bridgehead atoms. The summed E-state index contributed by atoms with van der Waals surface area (Å²) in [7, 11) is 0. The molecule has 1 rings (SSSR count). The minimum atomic E-state index is -0.187. The third-order valence-electron chi connectivity index (χ3n) is 5.20. The van der Waals surface area contributed by atoms with Gasteiger partial charge >= 0.3 is 0 Å². The van der Waals surface area contributed by atoms with Gasteiger partial charge in [0.05, 0.1) is 0 Å². The summed E-state index contributed by atoms with van der Waals surface area (Å²) in [5, 5.41) is 0. The molecule has 0 spiro atoms. The Balaban J connectivity index is 0. The van der Waals surface area contributed by atoms with Crippen LogP contribution in [-0.4, -0.2) is 59.9 Å². The summed E-state index contributed by atoms with van der Waals surface area (Å²) in [5.41, 5.74) is 8.04. The molecule has 0 saturated carbocycles. The van der Waals surface area contributed by atoms with Gasteiger partial charge in [-0.15, -0.1) is 0 Å². The zero-order chi connectivity index (χ0) is 16.9. The Morgan fingerprint density at radius 2 is 1.04 bits per heavy atom. The van der Waals surface area contributed by atoms with Gasteiger partial charge in [0.15, 0.2) is 12.1 Å². The van der Waals surface area contributed by atoms with E-state index in [9.17, 15) is 9.59 Å². The van der Waals surface area contributed by atoms with Crippen LogP contribution in [0.25, 0.3) is 0 Å². The zero-order valence-electron chi connectivity index (χ0n) is 15.4. The number of hydrogen-bond donors (Lipinski definition) is 2. The lowest BCUT2D eigenvalue weighted by atomic mass is 9.98. The van der Waals surface area contributed by atoms with E-state index in [1.807, 2.05) is 9.80 Å². The number of quaternary nitrogens is 2. The third kappa shape index (κ3) is 6.39. The average molecular weight is 385 g/mol. The Hall–Kier alpha value is -0.560. The monoisotopic (exact) mass is 384 g/mol. The molecule has 1 heterocycles. The molecule has 0 radical (unpaired) electrons. The molecule has 144 valence electrons. The SMILES string of the molecule is CC[C@H](C)[C@H]([NH3+])C(=O)N1CCN(C(=O)[C@@H]([NH3+])[C@@H](C)CC)CC1.[Cl-].[Cl-]. The summed E-state index contributed by atoms with van der Waals surface area (Å²) in [6.07, 6.45) is 1.91. The first-order valence-corrected chi connectivity index (χ1v) is 8.57. The lowest BCUT2D eigenvalue weighted by Crippen LogP contribution is -3.00. The summed E-state index contributed by atoms with van der Waals surface area (Å²) < 4.78 is 0. The van der Waals surface area contributed by atoms with Crippen LogP contribution in [0.15, 0.2) is 0 Å². The van der Waals surface area contributed by atoms with Crippen molar-refractivity contribution in [2.45, 2.75) is 52.6 Å². The molecule has 1 saturated heterocycles. The Kier molecular flexibility index (Phi) is 12.7. The van der Waals surface area contributed by atoms with E-state index in [0.717, 1.165) is 12.8 Å². The maximum absolute atomic E-state index is 12.4. The molecule has 0 aliphatic carbocycles. The van der Waals surface area contributed by atoms with E-state index in [2.05, 4.69) is 39.2 Å². The molecule has 0 aromatic heterocycles. The molecule has 6 nitrogen and oxygen atoms in total. The Morgan fingerprint density at radius 3 is 1.25 bits per heavy atom. The quantitative estimate of drug-likeness (QED) is 0.475. The second-order valence-electron chi connectivity index (χ2n) is 6.63. The number of piperazine rings is 1. The van der Waals surface area contributed by atoms with E-state index in [0.29, 0.717) is 38.0 Å². The van der Waals surface area contributed by atoms with Gasteiger partial charge in [-0.05, 0) is 12.8 Å². The van der Waals surface area contributed by atoms with Crippen molar-refractivity contribution in [3.05, 3.63) is 0 Å². The fraction of sp³-hybridized carbons (Fsp3) is 0.875. The normalized spacial score (nSPS) is 19.4. The summed E-state index contributed by atoms with van der Waals surface area (Å²) >= 11 is 0. The number of amides is 2. The number of carbonyl (C=O) groups is 2. The number of nitrogens with zero attached hydrogens (tertiary/aromatic N) is 2. The van der Waals surface area contributed by atoms with Gasteiger partial charge in [-0.25, -0.2) is 0 Å². The van der Waals surface area contributed by atoms with Crippen molar-refractivity contribution < 1.29 is 45.9 Å². The molecule has 0 aromatic carbocycles. The summed E-state index contributed by atoms with van der Waals surface area (Å²) in [6.45, 7) is 10.7. The van der Waals surface area contributed by atoms with E-state index in [1.165, 1.54) is 0 Å². The first-order chi connectivity index (χ1) is 10.3. The molecule has 0 aromatic rings. The highest BCUT2D eigenvalue weighted by Crippen LogP contribution is 2.12. The van der Waals surface area contributed by atoms with E-state index in [-0.39, 0.29) is 48.7 Å². The molecule has 2 amide bonds. The van der Waals surface area contributed by atoms with Crippen molar-refractivity contribution >= 4 is 11.8 Å². The molecule has 0 unspecified atom stereocenters. The maximum Gasteiger partial charge on any atom is 0.281 e. The predicted octanol–water partition coefficient (Wildman–Crippen LogP) is -7.02. The first kappa shape index (κ1) is 25.7. The largest absolute Gasteiger partial charge is 1.00 e. The van der Waals surface area contributed by atoms with Crippen LogP contribution in [0.1, 0.15) is 40.5 Å². The van der Waals surface area contributed by atoms with Crippen molar-refractivity contribution in [1.82, 2.24) is 9.80 Å². The second kappa shape index (κ2) is 11.9. The van der Waals surface area contributed by atoms with Crippen LogP contribution in [0.4, 0.5) is 0 Å². The molecule has 1 fully saturated rings. The summed E-state index contributed by atoms with van der Waals surface area (Å²) in [5.74, 6) is 0.827. The van der Waals surface area contributed by atoms with Gasteiger partial charge in [-0.2, -0.15) is 0 Å². The molecular formula is C16H34Cl2N4O2. The number of hydrogen-bond acceptors (Lipinski definition) is 2. The maximum atomic E-state index is 12.4. The first-order valence-electron chi connectivity index (χ1n) is 8.57. The van der Waals surface area contributed by atoms with Gasteiger partial charge < -0.3 is 46.1 Å². The topological polar surface area (TPSA) is 95.9 Å². The van der Waals surface area contributed by atoms with Gasteiger partial charge in [-0.3, -0.25) is 9.59 Å². The number of halogens is 2. The predicted molar refractivity (Wildman–Crippen MR) is 85.4 cm³/mol. The Bertz CT molecular complexity index is 354. The lowest BCUT2D eigenvalue weighted by Gasteiger charge is -2.36. The van der Waals surface area contributed by atoms with Crippen LogP contribution in [-0.2, 0) is 9.59 Å². The van der Waals surface area contributed by atoms with Gasteiger partial charge in [0.25, 0.3) is 11.8 Å². The van der Waals surface area contributed by atoms with Crippen molar-refractivity contribution in [2.24, 2.45) is 11.8 Å². The van der Waals surface area contributed by atoms with Crippen molar-refractivity contribution in [3.8, 4) is 0 Å². The minimum Gasteiger partial charge on any atom is -1.00 e. The summed E-state index contributed by atoms with van der Waals surface area (Å²) in [4.78, 5) is 28.5. The fourth-order valence-electron chi connectivity index (χ4n) is 2.67. The van der Waals surface area contributed by atoms with E-state index >= 15 is 0 Å².